The molecule has 0 heterocycles. The molecule has 0 aliphatic rings. The number of carboxylic acids is 1. The van der Waals surface area contributed by atoms with Gasteiger partial charge < -0.3 is 25.7 Å². The molecule has 0 saturated carbocycles. The molecular formula is C9H17N3O5. The Kier molecular flexibility index (Phi) is 6.64. The van der Waals surface area contributed by atoms with Gasteiger partial charge >= 0.3 is 12.0 Å². The largest absolute Gasteiger partial charge is 0.480 e. The van der Waals surface area contributed by atoms with E-state index < -0.39 is 24.6 Å². The second kappa shape index (κ2) is 7.44. The molecule has 0 rings (SSSR count). The van der Waals surface area contributed by atoms with Gasteiger partial charge in [-0.3, -0.25) is 4.79 Å². The number of hydrogen-bond donors (Lipinski definition) is 4. The van der Waals surface area contributed by atoms with Crippen LogP contribution in [0.4, 0.5) is 4.79 Å². The van der Waals surface area contributed by atoms with Gasteiger partial charge in [0.05, 0.1) is 6.61 Å². The SMILES string of the molecule is CN(C)C(=O)CCNC(=O)NC(CO)C(=O)O. The van der Waals surface area contributed by atoms with Gasteiger partial charge in [-0.15, -0.1) is 0 Å². The Bertz CT molecular complexity index is 292. The van der Waals surface area contributed by atoms with Crippen molar-refractivity contribution in [1.29, 1.82) is 0 Å². The average Bonchev–Trinajstić information content (AvgIpc) is 2.25. The van der Waals surface area contributed by atoms with Gasteiger partial charge in [-0.05, 0) is 0 Å². The minimum absolute atomic E-state index is 0.0978. The van der Waals surface area contributed by atoms with Gasteiger partial charge in [0.25, 0.3) is 0 Å². The summed E-state index contributed by atoms with van der Waals surface area (Å²) in [7, 11) is 3.18. The molecule has 0 aromatic carbocycles. The topological polar surface area (TPSA) is 119 Å². The van der Waals surface area contributed by atoms with Crippen LogP contribution in [0.25, 0.3) is 0 Å². The first-order chi connectivity index (χ1) is 7.88. The van der Waals surface area contributed by atoms with E-state index in [1.54, 1.807) is 14.1 Å². The zero-order chi connectivity index (χ0) is 13.4. The van der Waals surface area contributed by atoms with Crippen LogP contribution >= 0.6 is 0 Å². The van der Waals surface area contributed by atoms with Crippen molar-refractivity contribution in [3.63, 3.8) is 0 Å². The molecule has 98 valence electrons. The van der Waals surface area contributed by atoms with E-state index in [-0.39, 0.29) is 18.9 Å². The van der Waals surface area contributed by atoms with Gasteiger partial charge in [-0.25, -0.2) is 9.59 Å². The number of rotatable bonds is 6. The minimum Gasteiger partial charge on any atom is -0.480 e. The number of aliphatic hydroxyl groups is 1. The van der Waals surface area contributed by atoms with Crippen LogP contribution in [-0.2, 0) is 9.59 Å². The molecule has 0 aromatic rings. The summed E-state index contributed by atoms with van der Waals surface area (Å²) < 4.78 is 0. The van der Waals surface area contributed by atoms with Crippen LogP contribution in [-0.4, -0.2) is 66.3 Å². The van der Waals surface area contributed by atoms with Crippen molar-refractivity contribution in [2.24, 2.45) is 0 Å². The highest BCUT2D eigenvalue weighted by molar-refractivity contribution is 5.83. The van der Waals surface area contributed by atoms with Gasteiger partial charge in [0.15, 0.2) is 6.04 Å². The van der Waals surface area contributed by atoms with Crippen LogP contribution in [0.5, 0.6) is 0 Å². The second-order valence-corrected chi connectivity index (χ2v) is 3.51. The van der Waals surface area contributed by atoms with E-state index in [0.717, 1.165) is 0 Å². The normalized spacial score (nSPS) is 11.5. The van der Waals surface area contributed by atoms with E-state index in [1.165, 1.54) is 4.90 Å². The lowest BCUT2D eigenvalue weighted by Crippen LogP contribution is -2.48. The van der Waals surface area contributed by atoms with Crippen molar-refractivity contribution in [2.75, 3.05) is 27.2 Å². The number of carbonyl (C=O) groups excluding carboxylic acids is 2. The fraction of sp³-hybridized carbons (Fsp3) is 0.667. The Labute approximate surface area is 98.6 Å². The van der Waals surface area contributed by atoms with Crippen molar-refractivity contribution >= 4 is 17.9 Å². The Morgan fingerprint density at radius 2 is 1.88 bits per heavy atom. The van der Waals surface area contributed by atoms with Gasteiger partial charge in [-0.1, -0.05) is 0 Å². The summed E-state index contributed by atoms with van der Waals surface area (Å²) in [6.45, 7) is -0.597. The molecule has 3 amide bonds. The fourth-order valence-electron chi connectivity index (χ4n) is 0.901. The molecule has 0 saturated heterocycles. The number of aliphatic hydroxyl groups excluding tert-OH is 1. The number of nitrogens with zero attached hydrogens (tertiary/aromatic N) is 1. The lowest BCUT2D eigenvalue weighted by atomic mass is 10.3. The highest BCUT2D eigenvalue weighted by Crippen LogP contribution is 1.86. The fourth-order valence-corrected chi connectivity index (χ4v) is 0.901. The number of aliphatic carboxylic acids is 1. The number of amides is 3. The zero-order valence-electron chi connectivity index (χ0n) is 9.77. The molecule has 0 aliphatic carbocycles. The number of carboxylic acid groups (broad SMARTS) is 1. The molecular weight excluding hydrogens is 230 g/mol. The van der Waals surface area contributed by atoms with Gasteiger partial charge in [-0.2, -0.15) is 0 Å². The van der Waals surface area contributed by atoms with Crippen LogP contribution in [0.15, 0.2) is 0 Å². The molecule has 0 bridgehead atoms. The predicted octanol–water partition coefficient (Wildman–Crippen LogP) is -1.79. The summed E-state index contributed by atoms with van der Waals surface area (Å²) in [5.74, 6) is -1.48. The maximum absolute atomic E-state index is 11.1. The van der Waals surface area contributed by atoms with Crippen molar-refractivity contribution in [2.45, 2.75) is 12.5 Å². The molecule has 0 aromatic heterocycles. The third-order valence-corrected chi connectivity index (χ3v) is 1.91. The van der Waals surface area contributed by atoms with E-state index in [9.17, 15) is 14.4 Å². The Morgan fingerprint density at radius 1 is 1.29 bits per heavy atom. The lowest BCUT2D eigenvalue weighted by molar-refractivity contribution is -0.140. The molecule has 17 heavy (non-hydrogen) atoms. The minimum atomic E-state index is -1.35. The monoisotopic (exact) mass is 247 g/mol. The summed E-state index contributed by atoms with van der Waals surface area (Å²) in [5.41, 5.74) is 0. The average molecular weight is 247 g/mol. The van der Waals surface area contributed by atoms with Crippen LogP contribution in [0.3, 0.4) is 0 Å². The lowest BCUT2D eigenvalue weighted by Gasteiger charge is -2.13. The van der Waals surface area contributed by atoms with Crippen molar-refractivity contribution in [1.82, 2.24) is 15.5 Å². The third-order valence-electron chi connectivity index (χ3n) is 1.91. The highest BCUT2D eigenvalue weighted by atomic mass is 16.4. The molecule has 8 heteroatoms. The molecule has 1 unspecified atom stereocenters. The first kappa shape index (κ1) is 15.2. The van der Waals surface area contributed by atoms with E-state index >= 15 is 0 Å². The number of urea groups is 1. The maximum atomic E-state index is 11.1. The van der Waals surface area contributed by atoms with Crippen LogP contribution < -0.4 is 10.6 Å². The van der Waals surface area contributed by atoms with E-state index in [2.05, 4.69) is 5.32 Å². The number of hydrogen-bond acceptors (Lipinski definition) is 4. The third kappa shape index (κ3) is 6.36. The molecule has 0 aliphatic heterocycles. The predicted molar refractivity (Wildman–Crippen MR) is 58.4 cm³/mol. The standard InChI is InChI=1S/C9H17N3O5/c1-12(2)7(14)3-4-10-9(17)11-6(5-13)8(15)16/h6,13H,3-5H2,1-2H3,(H,15,16)(H2,10,11,17). The molecule has 0 fully saturated rings. The van der Waals surface area contributed by atoms with Gasteiger partial charge in [0.2, 0.25) is 5.91 Å². The summed E-state index contributed by atoms with van der Waals surface area (Å²) in [6.07, 6.45) is 0.122. The van der Waals surface area contributed by atoms with Crippen molar-refractivity contribution in [3.05, 3.63) is 0 Å². The quantitative estimate of drug-likeness (QED) is 0.442. The maximum Gasteiger partial charge on any atom is 0.328 e. The summed E-state index contributed by atoms with van der Waals surface area (Å²) in [4.78, 5) is 34.1. The summed E-state index contributed by atoms with van der Waals surface area (Å²) in [6, 6.07) is -2.09. The smallest absolute Gasteiger partial charge is 0.328 e. The molecule has 0 spiro atoms. The van der Waals surface area contributed by atoms with E-state index in [1.807, 2.05) is 5.32 Å². The van der Waals surface area contributed by atoms with Gasteiger partial charge in [0.1, 0.15) is 0 Å². The summed E-state index contributed by atoms with van der Waals surface area (Å²) >= 11 is 0. The Balaban J connectivity index is 3.87. The van der Waals surface area contributed by atoms with Crippen molar-refractivity contribution in [3.8, 4) is 0 Å². The zero-order valence-corrected chi connectivity index (χ0v) is 9.77. The molecule has 8 nitrogen and oxygen atoms in total. The van der Waals surface area contributed by atoms with E-state index in [0.29, 0.717) is 0 Å². The van der Waals surface area contributed by atoms with E-state index in [4.69, 9.17) is 10.2 Å². The van der Waals surface area contributed by atoms with Crippen LogP contribution in [0, 0.1) is 0 Å². The second-order valence-electron chi connectivity index (χ2n) is 3.51. The van der Waals surface area contributed by atoms with Gasteiger partial charge in [0, 0.05) is 27.1 Å². The number of carbonyl (C=O) groups is 3. The Morgan fingerprint density at radius 3 is 2.29 bits per heavy atom. The summed E-state index contributed by atoms with van der Waals surface area (Å²) in [5, 5.41) is 21.6. The number of nitrogens with one attached hydrogen (secondary N) is 2. The van der Waals surface area contributed by atoms with Crippen LogP contribution in [0.2, 0.25) is 0 Å². The van der Waals surface area contributed by atoms with Crippen LogP contribution in [0.1, 0.15) is 6.42 Å². The van der Waals surface area contributed by atoms with Crippen molar-refractivity contribution < 1.29 is 24.6 Å². The highest BCUT2D eigenvalue weighted by Gasteiger charge is 2.18. The first-order valence-electron chi connectivity index (χ1n) is 4.96. The molecule has 0 radical (unpaired) electrons. The molecule has 1 atom stereocenters. The molecule has 4 N–H and O–H groups in total. The first-order valence-corrected chi connectivity index (χ1v) is 4.96. The Hall–Kier alpha value is -1.83.